The molecule has 0 saturated heterocycles. The van der Waals surface area contributed by atoms with Crippen LogP contribution in [0.15, 0.2) is 48.5 Å². The largest absolute Gasteiger partial charge is 0.478 e. The fourth-order valence-corrected chi connectivity index (χ4v) is 2.08. The van der Waals surface area contributed by atoms with Gasteiger partial charge in [0.2, 0.25) is 0 Å². The van der Waals surface area contributed by atoms with Gasteiger partial charge in [-0.1, -0.05) is 29.8 Å². The number of nitrogens with zero attached hydrogens (tertiary/aromatic N) is 1. The summed E-state index contributed by atoms with van der Waals surface area (Å²) in [6, 6.07) is 12.2. The number of carboxylic acid groups (broad SMARTS) is 1. The predicted octanol–water partition coefficient (Wildman–Crippen LogP) is 3.32. The van der Waals surface area contributed by atoms with Crippen molar-refractivity contribution in [1.29, 1.82) is 0 Å². The van der Waals surface area contributed by atoms with Crippen LogP contribution in [0.2, 0.25) is 5.02 Å². The number of rotatable bonds is 6. The molecule has 0 heterocycles. The molecule has 6 nitrogen and oxygen atoms in total. The number of carbonyl (C=O) groups is 1. The Balaban J connectivity index is 2.17. The normalized spacial score (nSPS) is 11.7. The van der Waals surface area contributed by atoms with E-state index in [1.165, 1.54) is 24.3 Å². The van der Waals surface area contributed by atoms with Crippen molar-refractivity contribution in [3.8, 4) is 5.75 Å². The van der Waals surface area contributed by atoms with Gasteiger partial charge in [-0.25, -0.2) is 4.79 Å². The van der Waals surface area contributed by atoms with Gasteiger partial charge in [-0.2, -0.15) is 0 Å². The highest BCUT2D eigenvalue weighted by atomic mass is 35.5. The van der Waals surface area contributed by atoms with Crippen LogP contribution < -0.4 is 4.74 Å². The van der Waals surface area contributed by atoms with Crippen molar-refractivity contribution in [2.75, 3.05) is 0 Å². The van der Waals surface area contributed by atoms with E-state index >= 15 is 0 Å². The Hall–Kier alpha value is -2.60. The van der Waals surface area contributed by atoms with Crippen LogP contribution in [0.1, 0.15) is 5.56 Å². The van der Waals surface area contributed by atoms with E-state index in [0.717, 1.165) is 0 Å². The lowest BCUT2D eigenvalue weighted by molar-refractivity contribution is -0.384. The van der Waals surface area contributed by atoms with E-state index in [2.05, 4.69) is 0 Å². The van der Waals surface area contributed by atoms with Crippen molar-refractivity contribution in [2.45, 2.75) is 12.5 Å². The minimum Gasteiger partial charge on any atom is -0.478 e. The van der Waals surface area contributed by atoms with Crippen molar-refractivity contribution in [3.05, 3.63) is 69.2 Å². The number of nitro groups is 1. The molecule has 0 aliphatic rings. The minimum absolute atomic E-state index is 0.00350. The van der Waals surface area contributed by atoms with Crippen molar-refractivity contribution in [1.82, 2.24) is 0 Å². The molecular formula is C15H12ClNO5. The number of carboxylic acids is 1. The summed E-state index contributed by atoms with van der Waals surface area (Å²) >= 11 is 5.82. The van der Waals surface area contributed by atoms with Gasteiger partial charge in [-0.15, -0.1) is 0 Å². The summed E-state index contributed by atoms with van der Waals surface area (Å²) in [5, 5.41) is 20.4. The smallest absolute Gasteiger partial charge is 0.345 e. The SMILES string of the molecule is O=C(O)C(Cc1cccc([N+](=O)[O-])c1)Oc1cccc(Cl)c1. The second-order valence-electron chi connectivity index (χ2n) is 4.53. The zero-order valence-electron chi connectivity index (χ0n) is 11.3. The zero-order valence-corrected chi connectivity index (χ0v) is 12.1. The fraction of sp³-hybridized carbons (Fsp3) is 0.133. The summed E-state index contributed by atoms with van der Waals surface area (Å²) in [5.41, 5.74) is 0.410. The summed E-state index contributed by atoms with van der Waals surface area (Å²) in [7, 11) is 0. The average molecular weight is 322 g/mol. The highest BCUT2D eigenvalue weighted by Crippen LogP contribution is 2.21. The quantitative estimate of drug-likeness (QED) is 0.651. The average Bonchev–Trinajstić information content (AvgIpc) is 2.47. The molecule has 1 unspecified atom stereocenters. The molecule has 2 aromatic carbocycles. The van der Waals surface area contributed by atoms with Crippen LogP contribution in [-0.2, 0) is 11.2 Å². The number of hydrogen-bond acceptors (Lipinski definition) is 4. The first-order chi connectivity index (χ1) is 10.5. The van der Waals surface area contributed by atoms with Gasteiger partial charge < -0.3 is 9.84 Å². The summed E-state index contributed by atoms with van der Waals surface area (Å²) in [6.07, 6.45) is -1.16. The van der Waals surface area contributed by atoms with Gasteiger partial charge in [-0.3, -0.25) is 10.1 Å². The summed E-state index contributed by atoms with van der Waals surface area (Å²) in [5.74, 6) is -0.836. The molecule has 22 heavy (non-hydrogen) atoms. The Kier molecular flexibility index (Phi) is 4.95. The number of non-ortho nitro benzene ring substituents is 1. The van der Waals surface area contributed by atoms with Crippen LogP contribution in [0, 0.1) is 10.1 Å². The van der Waals surface area contributed by atoms with E-state index < -0.39 is 17.0 Å². The summed E-state index contributed by atoms with van der Waals surface area (Å²) in [4.78, 5) is 21.5. The van der Waals surface area contributed by atoms with Crippen molar-refractivity contribution in [2.24, 2.45) is 0 Å². The lowest BCUT2D eigenvalue weighted by atomic mass is 10.1. The Labute approximate surface area is 131 Å². The molecule has 0 amide bonds. The van der Waals surface area contributed by atoms with E-state index in [1.807, 2.05) is 0 Å². The van der Waals surface area contributed by atoms with Gasteiger partial charge in [0.15, 0.2) is 6.10 Å². The second kappa shape index (κ2) is 6.91. The molecule has 1 N–H and O–H groups in total. The molecule has 0 saturated carbocycles. The van der Waals surface area contributed by atoms with Gasteiger partial charge in [0.1, 0.15) is 5.75 Å². The predicted molar refractivity (Wildman–Crippen MR) is 80.3 cm³/mol. The Morgan fingerprint density at radius 3 is 2.64 bits per heavy atom. The van der Waals surface area contributed by atoms with Crippen LogP contribution >= 0.6 is 11.6 Å². The van der Waals surface area contributed by atoms with E-state index in [-0.39, 0.29) is 12.1 Å². The maximum absolute atomic E-state index is 11.3. The topological polar surface area (TPSA) is 89.7 Å². The van der Waals surface area contributed by atoms with Gasteiger partial charge in [-0.05, 0) is 23.8 Å². The van der Waals surface area contributed by atoms with E-state index in [1.54, 1.807) is 24.3 Å². The third-order valence-corrected chi connectivity index (χ3v) is 3.13. The number of hydrogen-bond donors (Lipinski definition) is 1. The molecule has 1 atom stereocenters. The molecular weight excluding hydrogens is 310 g/mol. The van der Waals surface area contributed by atoms with Gasteiger partial charge in [0.25, 0.3) is 5.69 Å². The van der Waals surface area contributed by atoms with Crippen molar-refractivity contribution >= 4 is 23.3 Å². The minimum atomic E-state index is -1.17. The van der Waals surface area contributed by atoms with Gasteiger partial charge in [0.05, 0.1) is 4.92 Å². The van der Waals surface area contributed by atoms with E-state index in [9.17, 15) is 20.0 Å². The maximum Gasteiger partial charge on any atom is 0.345 e. The van der Waals surface area contributed by atoms with Crippen molar-refractivity contribution in [3.63, 3.8) is 0 Å². The van der Waals surface area contributed by atoms with Gasteiger partial charge in [0, 0.05) is 23.6 Å². The summed E-state index contributed by atoms with van der Waals surface area (Å²) < 4.78 is 5.41. The molecule has 2 rings (SSSR count). The fourth-order valence-electron chi connectivity index (χ4n) is 1.90. The lowest BCUT2D eigenvalue weighted by Crippen LogP contribution is -2.29. The number of benzene rings is 2. The highest BCUT2D eigenvalue weighted by Gasteiger charge is 2.21. The molecule has 0 bridgehead atoms. The van der Waals surface area contributed by atoms with E-state index in [4.69, 9.17) is 16.3 Å². The molecule has 0 fully saturated rings. The summed E-state index contributed by atoms with van der Waals surface area (Å²) in [6.45, 7) is 0. The van der Waals surface area contributed by atoms with Crippen LogP contribution in [-0.4, -0.2) is 22.1 Å². The van der Waals surface area contributed by atoms with Crippen LogP contribution in [0.5, 0.6) is 5.75 Å². The van der Waals surface area contributed by atoms with Crippen LogP contribution in [0.4, 0.5) is 5.69 Å². The Morgan fingerprint density at radius 1 is 1.27 bits per heavy atom. The number of aliphatic carboxylic acids is 1. The van der Waals surface area contributed by atoms with Crippen molar-refractivity contribution < 1.29 is 19.6 Å². The highest BCUT2D eigenvalue weighted by molar-refractivity contribution is 6.30. The standard InChI is InChI=1S/C15H12ClNO5/c16-11-4-2-6-13(9-11)22-14(15(18)19)8-10-3-1-5-12(7-10)17(20)21/h1-7,9,14H,8H2,(H,18,19). The zero-order chi connectivity index (χ0) is 16.1. The Bertz CT molecular complexity index is 704. The lowest BCUT2D eigenvalue weighted by Gasteiger charge is -2.15. The maximum atomic E-state index is 11.3. The number of halogens is 1. The van der Waals surface area contributed by atoms with Gasteiger partial charge >= 0.3 is 5.97 Å². The molecule has 114 valence electrons. The molecule has 7 heteroatoms. The second-order valence-corrected chi connectivity index (χ2v) is 4.97. The first-order valence-electron chi connectivity index (χ1n) is 6.34. The monoisotopic (exact) mass is 321 g/mol. The molecule has 0 aliphatic heterocycles. The van der Waals surface area contributed by atoms with Crippen LogP contribution in [0.25, 0.3) is 0 Å². The third kappa shape index (κ3) is 4.20. The first kappa shape index (κ1) is 15.8. The molecule has 0 aromatic heterocycles. The van der Waals surface area contributed by atoms with E-state index in [0.29, 0.717) is 16.3 Å². The molecule has 0 aliphatic carbocycles. The molecule has 0 spiro atoms. The molecule has 0 radical (unpaired) electrons. The number of nitro benzene ring substituents is 1. The number of ether oxygens (including phenoxy) is 1. The Morgan fingerprint density at radius 2 is 2.00 bits per heavy atom. The first-order valence-corrected chi connectivity index (χ1v) is 6.72. The molecule has 2 aromatic rings. The third-order valence-electron chi connectivity index (χ3n) is 2.89. The van der Waals surface area contributed by atoms with Crippen LogP contribution in [0.3, 0.4) is 0 Å².